The van der Waals surface area contributed by atoms with Crippen LogP contribution >= 0.6 is 11.8 Å². The van der Waals surface area contributed by atoms with E-state index in [1.165, 1.54) is 0 Å². The monoisotopic (exact) mass is 225 g/mol. The van der Waals surface area contributed by atoms with E-state index in [0.29, 0.717) is 11.3 Å². The van der Waals surface area contributed by atoms with Crippen LogP contribution in [0.15, 0.2) is 35.9 Å². The summed E-state index contributed by atoms with van der Waals surface area (Å²) < 4.78 is 0. The molecule has 0 aliphatic heterocycles. The van der Waals surface area contributed by atoms with E-state index in [0.717, 1.165) is 17.3 Å². The number of allylic oxidation sites excluding steroid dienone is 1. The van der Waals surface area contributed by atoms with Crippen molar-refractivity contribution in [3.63, 3.8) is 0 Å². The van der Waals surface area contributed by atoms with Crippen LogP contribution < -0.4 is 0 Å². The van der Waals surface area contributed by atoms with Crippen molar-refractivity contribution in [3.05, 3.63) is 41.5 Å². The molecule has 0 radical (unpaired) electrons. The van der Waals surface area contributed by atoms with Crippen LogP contribution in [0.1, 0.15) is 5.56 Å². The zero-order valence-corrected chi connectivity index (χ0v) is 9.16. The fraction of sp³-hybridized carbons (Fsp3) is 0.0833. The minimum atomic E-state index is 0.0638. The number of nitriles is 3. The van der Waals surface area contributed by atoms with Crippen LogP contribution in [0.4, 0.5) is 0 Å². The molecule has 0 N–H and O–H groups in total. The van der Waals surface area contributed by atoms with Crippen molar-refractivity contribution in [1.29, 1.82) is 15.8 Å². The summed E-state index contributed by atoms with van der Waals surface area (Å²) in [5.41, 5.74) is 1.48. The number of nitrogens with zero attached hydrogens (tertiary/aromatic N) is 3. The average Bonchev–Trinajstić information content (AvgIpc) is 2.35. The summed E-state index contributed by atoms with van der Waals surface area (Å²) in [7, 11) is 0. The molecule has 1 aromatic rings. The lowest BCUT2D eigenvalue weighted by molar-refractivity contribution is 1.45. The van der Waals surface area contributed by atoms with Crippen LogP contribution in [0, 0.1) is 33.3 Å². The van der Waals surface area contributed by atoms with E-state index < -0.39 is 0 Å². The molecule has 0 saturated heterocycles. The topological polar surface area (TPSA) is 71.4 Å². The van der Waals surface area contributed by atoms with E-state index in [1.54, 1.807) is 0 Å². The molecule has 0 aliphatic carbocycles. The number of thiocyanates is 1. The summed E-state index contributed by atoms with van der Waals surface area (Å²) in [5, 5.41) is 28.1. The van der Waals surface area contributed by atoms with Gasteiger partial charge < -0.3 is 0 Å². The van der Waals surface area contributed by atoms with E-state index in [1.807, 2.05) is 47.9 Å². The quantitative estimate of drug-likeness (QED) is 0.585. The maximum absolute atomic E-state index is 8.83. The summed E-state index contributed by atoms with van der Waals surface area (Å²) >= 11 is 1.02. The van der Waals surface area contributed by atoms with E-state index in [2.05, 4.69) is 0 Å². The molecule has 0 atom stereocenters. The fourth-order valence-electron chi connectivity index (χ4n) is 1.20. The Balaban J connectivity index is 3.19. The minimum absolute atomic E-state index is 0.0638. The van der Waals surface area contributed by atoms with Gasteiger partial charge in [0.25, 0.3) is 0 Å². The molecule has 76 valence electrons. The average molecular weight is 225 g/mol. The largest absolute Gasteiger partial charge is 0.192 e. The Bertz CT molecular complexity index is 496. The molecule has 16 heavy (non-hydrogen) atoms. The van der Waals surface area contributed by atoms with E-state index >= 15 is 0 Å². The zero-order chi connectivity index (χ0) is 11.8. The predicted octanol–water partition coefficient (Wildman–Crippen LogP) is 2.70. The van der Waals surface area contributed by atoms with Crippen LogP contribution in [0.2, 0.25) is 0 Å². The highest BCUT2D eigenvalue weighted by molar-refractivity contribution is 8.04. The summed E-state index contributed by atoms with van der Waals surface area (Å²) in [6.07, 6.45) is 0. The smallest absolute Gasteiger partial charge is 0.134 e. The molecule has 0 aliphatic rings. The van der Waals surface area contributed by atoms with Gasteiger partial charge in [-0.3, -0.25) is 0 Å². The Kier molecular flexibility index (Phi) is 4.67. The van der Waals surface area contributed by atoms with Crippen molar-refractivity contribution in [2.75, 3.05) is 5.75 Å². The second kappa shape index (κ2) is 6.30. The van der Waals surface area contributed by atoms with Crippen molar-refractivity contribution in [2.45, 2.75) is 0 Å². The van der Waals surface area contributed by atoms with Crippen LogP contribution in [-0.4, -0.2) is 5.75 Å². The number of thioether (sulfide) groups is 1. The molecule has 1 aromatic carbocycles. The van der Waals surface area contributed by atoms with Crippen molar-refractivity contribution in [3.8, 4) is 17.5 Å². The van der Waals surface area contributed by atoms with Gasteiger partial charge in [0.15, 0.2) is 0 Å². The van der Waals surface area contributed by atoms with Crippen LogP contribution in [-0.2, 0) is 0 Å². The van der Waals surface area contributed by atoms with Crippen LogP contribution in [0.3, 0.4) is 0 Å². The Morgan fingerprint density at radius 2 is 1.69 bits per heavy atom. The third kappa shape index (κ3) is 2.89. The lowest BCUT2D eigenvalue weighted by Crippen LogP contribution is -1.92. The van der Waals surface area contributed by atoms with Crippen LogP contribution in [0.25, 0.3) is 5.57 Å². The van der Waals surface area contributed by atoms with Gasteiger partial charge >= 0.3 is 0 Å². The first-order valence-corrected chi connectivity index (χ1v) is 5.41. The summed E-state index contributed by atoms with van der Waals surface area (Å²) in [6, 6.07) is 12.9. The number of hydrogen-bond donors (Lipinski definition) is 0. The Morgan fingerprint density at radius 3 is 2.19 bits per heavy atom. The van der Waals surface area contributed by atoms with Gasteiger partial charge in [0, 0.05) is 5.75 Å². The third-order valence-electron chi connectivity index (χ3n) is 1.93. The molecule has 4 heteroatoms. The standard InChI is InChI=1S/C12H7N3S/c13-6-11(7-14)12(8-16-9-15)10-4-2-1-3-5-10/h1-5H,8H2. The second-order valence-corrected chi connectivity index (χ2v) is 3.58. The number of rotatable bonds is 3. The molecule has 0 spiro atoms. The highest BCUT2D eigenvalue weighted by Gasteiger charge is 2.08. The lowest BCUT2D eigenvalue weighted by Gasteiger charge is -2.04. The summed E-state index contributed by atoms with van der Waals surface area (Å²) in [5.74, 6) is 0.344. The lowest BCUT2D eigenvalue weighted by atomic mass is 10.0. The first-order chi connectivity index (χ1) is 7.83. The minimum Gasteiger partial charge on any atom is -0.192 e. The summed E-state index contributed by atoms with van der Waals surface area (Å²) in [4.78, 5) is 0. The molecule has 0 aromatic heterocycles. The maximum Gasteiger partial charge on any atom is 0.134 e. The first-order valence-electron chi connectivity index (χ1n) is 4.43. The predicted molar refractivity (Wildman–Crippen MR) is 62.7 cm³/mol. The normalized spacial score (nSPS) is 8.31. The molecule has 0 saturated carbocycles. The second-order valence-electron chi connectivity index (χ2n) is 2.82. The van der Waals surface area contributed by atoms with Gasteiger partial charge in [0.05, 0.1) is 0 Å². The van der Waals surface area contributed by atoms with Crippen molar-refractivity contribution < 1.29 is 0 Å². The third-order valence-corrected chi connectivity index (χ3v) is 2.49. The van der Waals surface area contributed by atoms with Gasteiger partial charge in [0.1, 0.15) is 23.1 Å². The van der Waals surface area contributed by atoms with Gasteiger partial charge in [-0.05, 0) is 22.9 Å². The number of hydrogen-bond acceptors (Lipinski definition) is 4. The Morgan fingerprint density at radius 1 is 1.06 bits per heavy atom. The van der Waals surface area contributed by atoms with E-state index in [9.17, 15) is 0 Å². The molecule has 1 rings (SSSR count). The van der Waals surface area contributed by atoms with Crippen molar-refractivity contribution in [1.82, 2.24) is 0 Å². The zero-order valence-electron chi connectivity index (χ0n) is 8.34. The molecule has 0 amide bonds. The van der Waals surface area contributed by atoms with Gasteiger partial charge in [-0.1, -0.05) is 30.3 Å². The van der Waals surface area contributed by atoms with Crippen molar-refractivity contribution in [2.24, 2.45) is 0 Å². The SMILES string of the molecule is N#CSCC(=C(C#N)C#N)c1ccccc1. The molecule has 0 fully saturated rings. The molecule has 3 nitrogen and oxygen atoms in total. The highest BCUT2D eigenvalue weighted by Crippen LogP contribution is 2.22. The first kappa shape index (κ1) is 11.9. The number of benzene rings is 1. The van der Waals surface area contributed by atoms with Gasteiger partial charge in [-0.2, -0.15) is 15.8 Å². The van der Waals surface area contributed by atoms with E-state index in [-0.39, 0.29) is 5.57 Å². The Labute approximate surface area is 98.2 Å². The molecular formula is C12H7N3S. The summed E-state index contributed by atoms with van der Waals surface area (Å²) in [6.45, 7) is 0. The van der Waals surface area contributed by atoms with Crippen molar-refractivity contribution >= 4 is 17.3 Å². The molecule has 0 bridgehead atoms. The maximum atomic E-state index is 8.83. The molecule has 0 unspecified atom stereocenters. The van der Waals surface area contributed by atoms with E-state index in [4.69, 9.17) is 15.8 Å². The molecule has 0 heterocycles. The highest BCUT2D eigenvalue weighted by atomic mass is 32.2. The van der Waals surface area contributed by atoms with Gasteiger partial charge in [-0.25, -0.2) is 0 Å². The fourth-order valence-corrected chi connectivity index (χ4v) is 1.72. The van der Waals surface area contributed by atoms with Gasteiger partial charge in [0.2, 0.25) is 0 Å². The van der Waals surface area contributed by atoms with Gasteiger partial charge in [-0.15, -0.1) is 0 Å². The Hall–Kier alpha value is -2.22. The van der Waals surface area contributed by atoms with Crippen LogP contribution in [0.5, 0.6) is 0 Å². The molecular weight excluding hydrogens is 218 g/mol.